The average Bonchev–Trinajstić information content (AvgIpc) is 2.68. The van der Waals surface area contributed by atoms with E-state index in [-0.39, 0.29) is 12.5 Å². The van der Waals surface area contributed by atoms with Crippen molar-refractivity contribution in [3.63, 3.8) is 0 Å². The Morgan fingerprint density at radius 3 is 2.65 bits per heavy atom. The Morgan fingerprint density at radius 2 is 2.05 bits per heavy atom. The Bertz CT molecular complexity index is 473. The topological polar surface area (TPSA) is 64.0 Å². The van der Waals surface area contributed by atoms with Gasteiger partial charge in [-0.1, -0.05) is 23.7 Å². The largest absolute Gasteiger partial charge is 0.389 e. The third-order valence-electron chi connectivity index (χ3n) is 3.43. The van der Waals surface area contributed by atoms with Crippen molar-refractivity contribution < 1.29 is 15.0 Å². The van der Waals surface area contributed by atoms with Crippen molar-refractivity contribution in [1.29, 1.82) is 0 Å². The number of likely N-dealkylation sites (N-methyl/N-ethyl adjacent to an activating group) is 1. The number of hydrogen-bond donors (Lipinski definition) is 2. The summed E-state index contributed by atoms with van der Waals surface area (Å²) >= 11 is 5.91. The second-order valence-corrected chi connectivity index (χ2v) is 5.64. The first-order valence-corrected chi connectivity index (χ1v) is 6.90. The van der Waals surface area contributed by atoms with Gasteiger partial charge in [-0.2, -0.15) is 0 Å². The second kappa shape index (κ2) is 6.54. The Labute approximate surface area is 123 Å². The molecule has 0 spiro atoms. The molecule has 0 aliphatic carbocycles. The molecule has 6 heteroatoms. The number of amides is 1. The lowest BCUT2D eigenvalue weighted by Gasteiger charge is -2.21. The van der Waals surface area contributed by atoms with Gasteiger partial charge in [0, 0.05) is 31.7 Å². The number of aliphatic hydroxyl groups is 2. The summed E-state index contributed by atoms with van der Waals surface area (Å²) in [4.78, 5) is 15.5. The van der Waals surface area contributed by atoms with Gasteiger partial charge in [-0.05, 0) is 17.7 Å². The fourth-order valence-corrected chi connectivity index (χ4v) is 2.50. The SMILES string of the molecule is CN(Cc1cccc(Cl)c1)C(=O)CN1C[C@@H](O)[C@@H](O)C1. The fourth-order valence-electron chi connectivity index (χ4n) is 2.29. The first kappa shape index (κ1) is 15.3. The zero-order valence-electron chi connectivity index (χ0n) is 11.4. The zero-order chi connectivity index (χ0) is 14.7. The Balaban J connectivity index is 1.86. The second-order valence-electron chi connectivity index (χ2n) is 5.21. The highest BCUT2D eigenvalue weighted by atomic mass is 35.5. The van der Waals surface area contributed by atoms with E-state index in [9.17, 15) is 15.0 Å². The summed E-state index contributed by atoms with van der Waals surface area (Å²) in [6.45, 7) is 1.35. The van der Waals surface area contributed by atoms with Gasteiger partial charge in [0.1, 0.15) is 0 Å². The predicted octanol–water partition coefficient (Wildman–Crippen LogP) is 0.336. The van der Waals surface area contributed by atoms with Crippen LogP contribution in [0.5, 0.6) is 0 Å². The number of aliphatic hydroxyl groups excluding tert-OH is 2. The van der Waals surface area contributed by atoms with Crippen molar-refractivity contribution in [2.45, 2.75) is 18.8 Å². The summed E-state index contributed by atoms with van der Waals surface area (Å²) in [5.74, 6) is -0.0497. The van der Waals surface area contributed by atoms with Crippen LogP contribution in [-0.4, -0.2) is 64.8 Å². The van der Waals surface area contributed by atoms with Crippen molar-refractivity contribution in [2.75, 3.05) is 26.7 Å². The van der Waals surface area contributed by atoms with E-state index in [1.54, 1.807) is 22.9 Å². The van der Waals surface area contributed by atoms with E-state index in [4.69, 9.17) is 11.6 Å². The standard InChI is InChI=1S/C14H19ClN2O3/c1-16(6-10-3-2-4-11(15)5-10)14(20)9-17-7-12(18)13(19)8-17/h2-5,12-13,18-19H,6-9H2,1H3/t12-,13+. The van der Waals surface area contributed by atoms with Crippen LogP contribution in [0, 0.1) is 0 Å². The number of halogens is 1. The molecule has 2 atom stereocenters. The highest BCUT2D eigenvalue weighted by molar-refractivity contribution is 6.30. The van der Waals surface area contributed by atoms with Gasteiger partial charge in [0.25, 0.3) is 0 Å². The summed E-state index contributed by atoms with van der Waals surface area (Å²) in [5, 5.41) is 19.6. The lowest BCUT2D eigenvalue weighted by molar-refractivity contribution is -0.131. The highest BCUT2D eigenvalue weighted by Crippen LogP contribution is 2.13. The summed E-state index contributed by atoms with van der Waals surface area (Å²) in [5.41, 5.74) is 0.967. The molecule has 1 aliphatic rings. The maximum atomic E-state index is 12.1. The third kappa shape index (κ3) is 3.93. The van der Waals surface area contributed by atoms with Gasteiger partial charge < -0.3 is 15.1 Å². The van der Waals surface area contributed by atoms with Crippen LogP contribution in [0.4, 0.5) is 0 Å². The lowest BCUT2D eigenvalue weighted by atomic mass is 10.2. The van der Waals surface area contributed by atoms with Gasteiger partial charge in [0.05, 0.1) is 18.8 Å². The summed E-state index contributed by atoms with van der Waals surface area (Å²) in [6, 6.07) is 7.39. The fraction of sp³-hybridized carbons (Fsp3) is 0.500. The van der Waals surface area contributed by atoms with Crippen LogP contribution < -0.4 is 0 Å². The molecule has 1 aliphatic heterocycles. The van der Waals surface area contributed by atoms with Crippen molar-refractivity contribution >= 4 is 17.5 Å². The van der Waals surface area contributed by atoms with Crippen molar-refractivity contribution in [3.8, 4) is 0 Å². The number of likely N-dealkylation sites (tertiary alicyclic amines) is 1. The van der Waals surface area contributed by atoms with Crippen LogP contribution >= 0.6 is 11.6 Å². The molecule has 0 bridgehead atoms. The molecule has 1 aromatic rings. The van der Waals surface area contributed by atoms with E-state index >= 15 is 0 Å². The van der Waals surface area contributed by atoms with Gasteiger partial charge in [-0.3, -0.25) is 9.69 Å². The number of rotatable bonds is 4. The smallest absolute Gasteiger partial charge is 0.236 e. The zero-order valence-corrected chi connectivity index (χ0v) is 12.1. The molecular weight excluding hydrogens is 280 g/mol. The number of β-amino-alcohol motifs (C(OH)–C–C–N with tert-alkyl or cyclic N) is 2. The van der Waals surface area contributed by atoms with E-state index in [1.165, 1.54) is 0 Å². The number of nitrogens with zero attached hydrogens (tertiary/aromatic N) is 2. The number of carbonyl (C=O) groups excluding carboxylic acids is 1. The molecule has 0 unspecified atom stereocenters. The first-order chi connectivity index (χ1) is 9.45. The number of carbonyl (C=O) groups is 1. The monoisotopic (exact) mass is 298 g/mol. The number of benzene rings is 1. The summed E-state index contributed by atoms with van der Waals surface area (Å²) in [7, 11) is 1.73. The minimum atomic E-state index is -0.763. The van der Waals surface area contributed by atoms with E-state index in [0.717, 1.165) is 5.56 Å². The minimum Gasteiger partial charge on any atom is -0.389 e. The van der Waals surface area contributed by atoms with Crippen LogP contribution in [-0.2, 0) is 11.3 Å². The van der Waals surface area contributed by atoms with Gasteiger partial charge in [-0.15, -0.1) is 0 Å². The van der Waals surface area contributed by atoms with Crippen molar-refractivity contribution in [2.24, 2.45) is 0 Å². The summed E-state index contributed by atoms with van der Waals surface area (Å²) < 4.78 is 0. The molecule has 1 aromatic carbocycles. The van der Waals surface area contributed by atoms with E-state index < -0.39 is 12.2 Å². The van der Waals surface area contributed by atoms with Crippen molar-refractivity contribution in [3.05, 3.63) is 34.9 Å². The molecule has 20 heavy (non-hydrogen) atoms. The van der Waals surface area contributed by atoms with Crippen LogP contribution in [0.25, 0.3) is 0 Å². The Hall–Kier alpha value is -1.14. The minimum absolute atomic E-state index is 0.0497. The van der Waals surface area contributed by atoms with Crippen LogP contribution in [0.2, 0.25) is 5.02 Å². The van der Waals surface area contributed by atoms with Crippen LogP contribution in [0.15, 0.2) is 24.3 Å². The first-order valence-electron chi connectivity index (χ1n) is 6.52. The van der Waals surface area contributed by atoms with Gasteiger partial charge in [0.15, 0.2) is 0 Å². The molecular formula is C14H19ClN2O3. The molecule has 5 nitrogen and oxygen atoms in total. The van der Waals surface area contributed by atoms with Crippen LogP contribution in [0.1, 0.15) is 5.56 Å². The molecule has 0 aromatic heterocycles. The normalized spacial score (nSPS) is 23.0. The van der Waals surface area contributed by atoms with Gasteiger partial charge in [0.2, 0.25) is 5.91 Å². The molecule has 0 saturated carbocycles. The van der Waals surface area contributed by atoms with Crippen LogP contribution in [0.3, 0.4) is 0 Å². The Kier molecular flexibility index (Phi) is 4.99. The van der Waals surface area contributed by atoms with E-state index in [1.807, 2.05) is 18.2 Å². The molecule has 1 fully saturated rings. The molecule has 2 N–H and O–H groups in total. The highest BCUT2D eigenvalue weighted by Gasteiger charge is 2.30. The predicted molar refractivity (Wildman–Crippen MR) is 76.4 cm³/mol. The van der Waals surface area contributed by atoms with Gasteiger partial charge >= 0.3 is 0 Å². The molecule has 0 radical (unpaired) electrons. The lowest BCUT2D eigenvalue weighted by Crippen LogP contribution is -2.37. The Morgan fingerprint density at radius 1 is 1.40 bits per heavy atom. The average molecular weight is 299 g/mol. The number of hydrogen-bond acceptors (Lipinski definition) is 4. The van der Waals surface area contributed by atoms with E-state index in [2.05, 4.69) is 0 Å². The molecule has 2 rings (SSSR count). The maximum absolute atomic E-state index is 12.1. The molecule has 1 amide bonds. The molecule has 110 valence electrons. The molecule has 1 heterocycles. The summed E-state index contributed by atoms with van der Waals surface area (Å²) in [6.07, 6.45) is -1.53. The van der Waals surface area contributed by atoms with Crippen molar-refractivity contribution in [1.82, 2.24) is 9.80 Å². The third-order valence-corrected chi connectivity index (χ3v) is 3.66. The quantitative estimate of drug-likeness (QED) is 0.841. The maximum Gasteiger partial charge on any atom is 0.236 e. The van der Waals surface area contributed by atoms with E-state index in [0.29, 0.717) is 24.7 Å². The van der Waals surface area contributed by atoms with Gasteiger partial charge in [-0.25, -0.2) is 0 Å². The molecule has 1 saturated heterocycles.